The zero-order chi connectivity index (χ0) is 12.5. The SMILES string of the molecule is CNC(C1COC(C)C1)C1CC1c1ccccc1. The minimum absolute atomic E-state index is 0.444. The average Bonchev–Trinajstić information content (AvgIpc) is 3.07. The molecule has 1 saturated carbocycles. The zero-order valence-corrected chi connectivity index (χ0v) is 11.3. The van der Waals surface area contributed by atoms with E-state index >= 15 is 0 Å². The Bertz CT molecular complexity index is 391. The van der Waals surface area contributed by atoms with Crippen molar-refractivity contribution >= 4 is 0 Å². The third kappa shape index (κ3) is 2.32. The summed E-state index contributed by atoms with van der Waals surface area (Å²) in [6.45, 7) is 3.12. The summed E-state index contributed by atoms with van der Waals surface area (Å²) >= 11 is 0. The highest BCUT2D eigenvalue weighted by Crippen LogP contribution is 2.51. The predicted octanol–water partition coefficient (Wildman–Crippen LogP) is 2.80. The van der Waals surface area contributed by atoms with Crippen molar-refractivity contribution in [3.8, 4) is 0 Å². The van der Waals surface area contributed by atoms with Crippen LogP contribution in [0.1, 0.15) is 31.2 Å². The molecular weight excluding hydrogens is 222 g/mol. The summed E-state index contributed by atoms with van der Waals surface area (Å²) in [4.78, 5) is 0. The molecule has 0 radical (unpaired) electrons. The second-order valence-corrected chi connectivity index (χ2v) is 5.87. The van der Waals surface area contributed by atoms with Gasteiger partial charge in [0.25, 0.3) is 0 Å². The van der Waals surface area contributed by atoms with Gasteiger partial charge in [-0.25, -0.2) is 0 Å². The molecule has 5 unspecified atom stereocenters. The topological polar surface area (TPSA) is 21.3 Å². The quantitative estimate of drug-likeness (QED) is 0.880. The molecule has 1 aromatic carbocycles. The summed E-state index contributed by atoms with van der Waals surface area (Å²) in [5.74, 6) is 2.26. The fourth-order valence-corrected chi connectivity index (χ4v) is 3.59. The Balaban J connectivity index is 1.65. The van der Waals surface area contributed by atoms with Gasteiger partial charge in [0.1, 0.15) is 0 Å². The van der Waals surface area contributed by atoms with Crippen molar-refractivity contribution in [1.82, 2.24) is 5.32 Å². The van der Waals surface area contributed by atoms with Crippen LogP contribution in [-0.2, 0) is 4.74 Å². The van der Waals surface area contributed by atoms with E-state index in [4.69, 9.17) is 4.74 Å². The van der Waals surface area contributed by atoms with Crippen LogP contribution in [0.4, 0.5) is 0 Å². The van der Waals surface area contributed by atoms with Gasteiger partial charge in [-0.1, -0.05) is 30.3 Å². The van der Waals surface area contributed by atoms with Gasteiger partial charge in [-0.3, -0.25) is 0 Å². The molecule has 1 aromatic rings. The zero-order valence-electron chi connectivity index (χ0n) is 11.3. The lowest BCUT2D eigenvalue weighted by atomic mass is 9.91. The van der Waals surface area contributed by atoms with Crippen LogP contribution >= 0.6 is 0 Å². The molecule has 1 N–H and O–H groups in total. The van der Waals surface area contributed by atoms with Gasteiger partial charge >= 0.3 is 0 Å². The van der Waals surface area contributed by atoms with E-state index in [0.29, 0.717) is 18.1 Å². The highest BCUT2D eigenvalue weighted by molar-refractivity contribution is 5.27. The third-order valence-electron chi connectivity index (χ3n) is 4.60. The molecule has 1 heterocycles. The van der Waals surface area contributed by atoms with E-state index < -0.39 is 0 Å². The monoisotopic (exact) mass is 245 g/mol. The minimum atomic E-state index is 0.444. The third-order valence-corrected chi connectivity index (χ3v) is 4.60. The molecule has 2 aliphatic rings. The Morgan fingerprint density at radius 1 is 1.22 bits per heavy atom. The fourth-order valence-electron chi connectivity index (χ4n) is 3.59. The Morgan fingerprint density at radius 2 is 2.00 bits per heavy atom. The van der Waals surface area contributed by atoms with Crippen molar-refractivity contribution in [2.24, 2.45) is 11.8 Å². The van der Waals surface area contributed by atoms with Gasteiger partial charge < -0.3 is 10.1 Å². The number of benzene rings is 1. The predicted molar refractivity (Wildman–Crippen MR) is 73.7 cm³/mol. The highest BCUT2D eigenvalue weighted by Gasteiger charge is 2.47. The van der Waals surface area contributed by atoms with Crippen LogP contribution in [0.2, 0.25) is 0 Å². The molecule has 5 atom stereocenters. The Labute approximate surface area is 110 Å². The molecule has 0 amide bonds. The lowest BCUT2D eigenvalue weighted by Gasteiger charge is -2.22. The second-order valence-electron chi connectivity index (χ2n) is 5.87. The lowest BCUT2D eigenvalue weighted by Crippen LogP contribution is -2.36. The van der Waals surface area contributed by atoms with Crippen LogP contribution in [0.5, 0.6) is 0 Å². The standard InChI is InChI=1S/C16H23NO/c1-11-8-13(10-18-11)16(17-2)15-9-14(15)12-6-4-3-5-7-12/h3-7,11,13-17H,8-10H2,1-2H3. The van der Waals surface area contributed by atoms with Gasteiger partial charge in [0.2, 0.25) is 0 Å². The van der Waals surface area contributed by atoms with Crippen molar-refractivity contribution in [1.29, 1.82) is 0 Å². The summed E-state index contributed by atoms with van der Waals surface area (Å²) in [5.41, 5.74) is 1.51. The molecule has 1 aliphatic heterocycles. The first-order valence-electron chi connectivity index (χ1n) is 7.13. The lowest BCUT2D eigenvalue weighted by molar-refractivity contribution is 0.116. The summed E-state index contributed by atoms with van der Waals surface area (Å²) in [5, 5.41) is 3.55. The molecule has 2 fully saturated rings. The first-order valence-corrected chi connectivity index (χ1v) is 7.13. The molecule has 0 bridgehead atoms. The van der Waals surface area contributed by atoms with Gasteiger partial charge in [-0.15, -0.1) is 0 Å². The summed E-state index contributed by atoms with van der Waals surface area (Å²) in [6.07, 6.45) is 2.99. The van der Waals surface area contributed by atoms with Gasteiger partial charge in [0, 0.05) is 12.0 Å². The molecule has 0 aromatic heterocycles. The fraction of sp³-hybridized carbons (Fsp3) is 0.625. The Morgan fingerprint density at radius 3 is 2.61 bits per heavy atom. The molecule has 2 nitrogen and oxygen atoms in total. The summed E-state index contributed by atoms with van der Waals surface area (Å²) in [6, 6.07) is 11.6. The number of hydrogen-bond acceptors (Lipinski definition) is 2. The maximum Gasteiger partial charge on any atom is 0.0551 e. The van der Waals surface area contributed by atoms with Crippen LogP contribution in [0.15, 0.2) is 30.3 Å². The smallest absolute Gasteiger partial charge is 0.0551 e. The van der Waals surface area contributed by atoms with E-state index in [1.165, 1.54) is 18.4 Å². The van der Waals surface area contributed by atoms with Crippen molar-refractivity contribution in [3.63, 3.8) is 0 Å². The normalized spacial score (nSPS) is 36.6. The number of nitrogens with one attached hydrogen (secondary N) is 1. The molecular formula is C16H23NO. The average molecular weight is 245 g/mol. The van der Waals surface area contributed by atoms with Crippen LogP contribution < -0.4 is 5.32 Å². The molecule has 3 rings (SSSR count). The van der Waals surface area contributed by atoms with Gasteiger partial charge in [0.05, 0.1) is 12.7 Å². The Kier molecular flexibility index (Phi) is 3.40. The molecule has 18 heavy (non-hydrogen) atoms. The second kappa shape index (κ2) is 5.02. The van der Waals surface area contributed by atoms with E-state index in [2.05, 4.69) is 49.6 Å². The minimum Gasteiger partial charge on any atom is -0.378 e. The van der Waals surface area contributed by atoms with E-state index in [1.807, 2.05) is 0 Å². The molecule has 98 valence electrons. The van der Waals surface area contributed by atoms with E-state index in [9.17, 15) is 0 Å². The molecule has 0 spiro atoms. The van der Waals surface area contributed by atoms with Crippen molar-refractivity contribution in [2.45, 2.75) is 37.8 Å². The maximum atomic E-state index is 5.73. The van der Waals surface area contributed by atoms with Gasteiger partial charge in [-0.05, 0) is 44.2 Å². The number of hydrogen-bond donors (Lipinski definition) is 1. The summed E-state index contributed by atoms with van der Waals surface area (Å²) in [7, 11) is 2.11. The van der Waals surface area contributed by atoms with Crippen molar-refractivity contribution in [2.75, 3.05) is 13.7 Å². The largest absolute Gasteiger partial charge is 0.378 e. The maximum absolute atomic E-state index is 5.73. The van der Waals surface area contributed by atoms with Crippen molar-refractivity contribution in [3.05, 3.63) is 35.9 Å². The first-order chi connectivity index (χ1) is 8.79. The van der Waals surface area contributed by atoms with E-state index in [-0.39, 0.29) is 0 Å². The first kappa shape index (κ1) is 12.2. The van der Waals surface area contributed by atoms with E-state index in [0.717, 1.165) is 18.4 Å². The highest BCUT2D eigenvalue weighted by atomic mass is 16.5. The van der Waals surface area contributed by atoms with Gasteiger partial charge in [0.15, 0.2) is 0 Å². The molecule has 1 aliphatic carbocycles. The van der Waals surface area contributed by atoms with Crippen LogP contribution in [0.3, 0.4) is 0 Å². The molecule has 1 saturated heterocycles. The van der Waals surface area contributed by atoms with Crippen molar-refractivity contribution < 1.29 is 4.74 Å². The number of ether oxygens (including phenoxy) is 1. The van der Waals surface area contributed by atoms with Crippen LogP contribution in [0, 0.1) is 11.8 Å². The summed E-state index contributed by atoms with van der Waals surface area (Å²) < 4.78 is 5.73. The molecule has 2 heteroatoms. The van der Waals surface area contributed by atoms with Crippen LogP contribution in [-0.4, -0.2) is 25.8 Å². The Hall–Kier alpha value is -0.860. The van der Waals surface area contributed by atoms with Gasteiger partial charge in [-0.2, -0.15) is 0 Å². The number of rotatable bonds is 4. The van der Waals surface area contributed by atoms with Crippen LogP contribution in [0.25, 0.3) is 0 Å². The van der Waals surface area contributed by atoms with E-state index in [1.54, 1.807) is 0 Å².